The summed E-state index contributed by atoms with van der Waals surface area (Å²) in [6.45, 7) is 6.88. The number of nitrogens with one attached hydrogen (secondary N) is 1. The molecule has 0 heterocycles. The van der Waals surface area contributed by atoms with Gasteiger partial charge in [-0.2, -0.15) is 0 Å². The third kappa shape index (κ3) is 6.90. The number of hydrogen-bond donors (Lipinski definition) is 2. The van der Waals surface area contributed by atoms with Crippen LogP contribution < -0.4 is 11.1 Å². The van der Waals surface area contributed by atoms with Crippen LogP contribution in [0.5, 0.6) is 0 Å². The maximum Gasteiger partial charge on any atom is 0.0798 e. The van der Waals surface area contributed by atoms with Crippen molar-refractivity contribution in [2.24, 2.45) is 10.7 Å². The molecule has 0 aromatic carbocycles. The lowest BCUT2D eigenvalue weighted by Crippen LogP contribution is -2.24. The lowest BCUT2D eigenvalue weighted by Gasteiger charge is -2.08. The van der Waals surface area contributed by atoms with E-state index < -0.39 is 0 Å². The highest BCUT2D eigenvalue weighted by atomic mass is 14.9. The van der Waals surface area contributed by atoms with Crippen molar-refractivity contribution in [2.75, 3.05) is 6.54 Å². The molecule has 3 heteroatoms. The second kappa shape index (κ2) is 5.77. The van der Waals surface area contributed by atoms with Crippen LogP contribution in [-0.4, -0.2) is 18.9 Å². The van der Waals surface area contributed by atoms with Crippen molar-refractivity contribution in [1.82, 2.24) is 5.32 Å². The molecule has 0 aromatic heterocycles. The molecule has 0 spiro atoms. The number of aliphatic imine (C=N–C) groups is 1. The van der Waals surface area contributed by atoms with E-state index in [4.69, 9.17) is 5.73 Å². The molecule has 1 unspecified atom stereocenters. The summed E-state index contributed by atoms with van der Waals surface area (Å²) >= 11 is 0. The molecule has 0 bridgehead atoms. The van der Waals surface area contributed by atoms with Crippen molar-refractivity contribution in [3.05, 3.63) is 11.8 Å². The van der Waals surface area contributed by atoms with E-state index in [1.807, 2.05) is 20.0 Å². The van der Waals surface area contributed by atoms with Gasteiger partial charge in [0.2, 0.25) is 0 Å². The van der Waals surface area contributed by atoms with Crippen LogP contribution in [0.4, 0.5) is 0 Å². The third-order valence-corrected chi connectivity index (χ3v) is 1.14. The smallest absolute Gasteiger partial charge is 0.0798 e. The average Bonchev–Trinajstić information content (AvgIpc) is 1.97. The molecule has 1 atom stereocenters. The summed E-state index contributed by atoms with van der Waals surface area (Å²) in [5, 5.41) is 3.19. The Balaban J connectivity index is 3.52. The second-order valence-corrected chi connectivity index (χ2v) is 2.80. The van der Waals surface area contributed by atoms with Crippen LogP contribution in [0.1, 0.15) is 20.8 Å². The predicted molar refractivity (Wildman–Crippen MR) is 49.6 cm³/mol. The minimum atomic E-state index is 0.352. The van der Waals surface area contributed by atoms with E-state index in [9.17, 15) is 0 Å². The van der Waals surface area contributed by atoms with Gasteiger partial charge in [0.05, 0.1) is 12.9 Å². The Morgan fingerprint density at radius 2 is 2.27 bits per heavy atom. The Morgan fingerprint density at radius 1 is 1.64 bits per heavy atom. The monoisotopic (exact) mass is 155 g/mol. The molecule has 0 aromatic rings. The molecule has 0 aliphatic heterocycles. The van der Waals surface area contributed by atoms with Gasteiger partial charge < -0.3 is 11.1 Å². The van der Waals surface area contributed by atoms with Gasteiger partial charge in [0, 0.05) is 6.04 Å². The standard InChI is InChI=1S/C8H17N3/c1-7(2)4-11-8(3)5-10-6-9/h4,6,8,11H,5H2,1-3H3,(H2,9,10). The zero-order valence-electron chi connectivity index (χ0n) is 7.46. The Bertz CT molecular complexity index is 145. The molecule has 3 N–H and O–H groups in total. The first kappa shape index (κ1) is 10.0. The lowest BCUT2D eigenvalue weighted by atomic mass is 10.3. The maximum atomic E-state index is 5.10. The molecular formula is C8H17N3. The van der Waals surface area contributed by atoms with Crippen molar-refractivity contribution < 1.29 is 0 Å². The maximum absolute atomic E-state index is 5.10. The van der Waals surface area contributed by atoms with Crippen LogP contribution in [0.25, 0.3) is 0 Å². The van der Waals surface area contributed by atoms with Crippen LogP contribution in [0.15, 0.2) is 16.8 Å². The first-order valence-corrected chi connectivity index (χ1v) is 3.76. The fourth-order valence-electron chi connectivity index (χ4n) is 0.581. The molecule has 11 heavy (non-hydrogen) atoms. The predicted octanol–water partition coefficient (Wildman–Crippen LogP) is 0.875. The van der Waals surface area contributed by atoms with Gasteiger partial charge in [-0.05, 0) is 27.0 Å². The van der Waals surface area contributed by atoms with Crippen LogP contribution in [0.3, 0.4) is 0 Å². The molecule has 0 saturated carbocycles. The van der Waals surface area contributed by atoms with Gasteiger partial charge in [0.25, 0.3) is 0 Å². The minimum absolute atomic E-state index is 0.352. The summed E-state index contributed by atoms with van der Waals surface area (Å²) in [6.07, 6.45) is 3.32. The third-order valence-electron chi connectivity index (χ3n) is 1.14. The van der Waals surface area contributed by atoms with Gasteiger partial charge in [0.1, 0.15) is 0 Å². The molecular weight excluding hydrogens is 138 g/mol. The summed E-state index contributed by atoms with van der Waals surface area (Å²) in [4.78, 5) is 3.91. The van der Waals surface area contributed by atoms with Crippen molar-refractivity contribution in [1.29, 1.82) is 0 Å². The second-order valence-electron chi connectivity index (χ2n) is 2.80. The average molecular weight is 155 g/mol. The van der Waals surface area contributed by atoms with Gasteiger partial charge in [-0.3, -0.25) is 4.99 Å². The summed E-state index contributed by atoms with van der Waals surface area (Å²) in [5.41, 5.74) is 6.36. The molecule has 0 rings (SSSR count). The van der Waals surface area contributed by atoms with E-state index in [-0.39, 0.29) is 0 Å². The summed E-state index contributed by atoms with van der Waals surface area (Å²) < 4.78 is 0. The van der Waals surface area contributed by atoms with Crippen LogP contribution in [0, 0.1) is 0 Å². The first-order chi connectivity index (χ1) is 5.16. The Morgan fingerprint density at radius 3 is 2.73 bits per heavy atom. The highest BCUT2D eigenvalue weighted by molar-refractivity contribution is 5.51. The number of rotatable bonds is 4. The number of hydrogen-bond acceptors (Lipinski definition) is 2. The van der Waals surface area contributed by atoms with E-state index in [2.05, 4.69) is 17.2 Å². The molecule has 3 nitrogen and oxygen atoms in total. The molecule has 0 aliphatic carbocycles. The van der Waals surface area contributed by atoms with Gasteiger partial charge in [-0.25, -0.2) is 0 Å². The summed E-state index contributed by atoms with van der Waals surface area (Å²) in [6, 6.07) is 0.352. The van der Waals surface area contributed by atoms with Crippen molar-refractivity contribution in [2.45, 2.75) is 26.8 Å². The summed E-state index contributed by atoms with van der Waals surface area (Å²) in [7, 11) is 0. The zero-order valence-corrected chi connectivity index (χ0v) is 7.46. The summed E-state index contributed by atoms with van der Waals surface area (Å²) in [5.74, 6) is 0. The Kier molecular flexibility index (Phi) is 5.25. The molecule has 0 amide bonds. The largest absolute Gasteiger partial charge is 0.390 e. The van der Waals surface area contributed by atoms with E-state index in [0.29, 0.717) is 6.04 Å². The van der Waals surface area contributed by atoms with E-state index in [1.165, 1.54) is 11.9 Å². The molecule has 0 saturated heterocycles. The van der Waals surface area contributed by atoms with Crippen LogP contribution in [0.2, 0.25) is 0 Å². The van der Waals surface area contributed by atoms with Crippen molar-refractivity contribution in [3.8, 4) is 0 Å². The van der Waals surface area contributed by atoms with Crippen molar-refractivity contribution in [3.63, 3.8) is 0 Å². The quantitative estimate of drug-likeness (QED) is 0.467. The molecule has 0 fully saturated rings. The minimum Gasteiger partial charge on any atom is -0.390 e. The number of nitrogens with two attached hydrogens (primary N) is 1. The van der Waals surface area contributed by atoms with Gasteiger partial charge >= 0.3 is 0 Å². The first-order valence-electron chi connectivity index (χ1n) is 3.76. The van der Waals surface area contributed by atoms with Crippen LogP contribution >= 0.6 is 0 Å². The Hall–Kier alpha value is -0.990. The lowest BCUT2D eigenvalue weighted by molar-refractivity contribution is 0.648. The fourth-order valence-corrected chi connectivity index (χ4v) is 0.581. The molecule has 0 radical (unpaired) electrons. The molecule has 64 valence electrons. The Labute approximate surface area is 68.4 Å². The normalized spacial score (nSPS) is 13.0. The van der Waals surface area contributed by atoms with Gasteiger partial charge in [-0.15, -0.1) is 0 Å². The van der Waals surface area contributed by atoms with E-state index in [1.54, 1.807) is 0 Å². The van der Waals surface area contributed by atoms with E-state index >= 15 is 0 Å². The van der Waals surface area contributed by atoms with Gasteiger partial charge in [0.15, 0.2) is 0 Å². The fraction of sp³-hybridized carbons (Fsp3) is 0.625. The topological polar surface area (TPSA) is 50.4 Å². The molecule has 0 aliphatic rings. The zero-order chi connectivity index (χ0) is 8.69. The SMILES string of the molecule is CC(C)=CNC(C)C/N=C\N. The van der Waals surface area contributed by atoms with Crippen LogP contribution in [-0.2, 0) is 0 Å². The van der Waals surface area contributed by atoms with Crippen molar-refractivity contribution >= 4 is 6.34 Å². The van der Waals surface area contributed by atoms with E-state index in [0.717, 1.165) is 6.54 Å². The highest BCUT2D eigenvalue weighted by Gasteiger charge is 1.93. The van der Waals surface area contributed by atoms with Gasteiger partial charge in [-0.1, -0.05) is 5.57 Å². The highest BCUT2D eigenvalue weighted by Crippen LogP contribution is 1.87. The number of allylic oxidation sites excluding steroid dienone is 1. The number of nitrogens with zero attached hydrogens (tertiary/aromatic N) is 1.